The third-order valence-electron chi connectivity index (χ3n) is 6.66. The van der Waals surface area contributed by atoms with Gasteiger partial charge >= 0.3 is 0 Å². The van der Waals surface area contributed by atoms with E-state index in [2.05, 4.69) is 10.6 Å². The smallest absolute Gasteiger partial charge is 0.273 e. The van der Waals surface area contributed by atoms with Crippen LogP contribution in [0.25, 0.3) is 10.9 Å². The number of ether oxygens (including phenoxy) is 1. The fourth-order valence-electron chi connectivity index (χ4n) is 4.59. The van der Waals surface area contributed by atoms with Crippen molar-refractivity contribution in [2.75, 3.05) is 7.11 Å². The first-order chi connectivity index (χ1) is 15.3. The summed E-state index contributed by atoms with van der Waals surface area (Å²) in [6.45, 7) is 6.70. The molecule has 1 aromatic carbocycles. The molecule has 0 bridgehead atoms. The van der Waals surface area contributed by atoms with Gasteiger partial charge in [-0.3, -0.25) is 14.3 Å². The fourth-order valence-corrected chi connectivity index (χ4v) is 4.59. The Hall–Kier alpha value is -2.57. The van der Waals surface area contributed by atoms with Crippen LogP contribution in [0.3, 0.4) is 0 Å². The van der Waals surface area contributed by atoms with Crippen molar-refractivity contribution in [3.05, 3.63) is 23.9 Å². The van der Waals surface area contributed by atoms with Gasteiger partial charge in [0.25, 0.3) is 5.91 Å². The Morgan fingerprint density at radius 3 is 2.50 bits per heavy atom. The summed E-state index contributed by atoms with van der Waals surface area (Å²) in [5.41, 5.74) is 0.853. The first-order valence-corrected chi connectivity index (χ1v) is 11.9. The number of nitrogens with one attached hydrogen (secondary N) is 2. The van der Waals surface area contributed by atoms with Crippen LogP contribution in [0, 0.1) is 11.3 Å². The Balaban J connectivity index is 1.63. The molecule has 174 valence electrons. The number of nitrogens with zero attached hydrogens (tertiary/aromatic N) is 2. The van der Waals surface area contributed by atoms with Gasteiger partial charge in [0, 0.05) is 18.0 Å². The largest absolute Gasteiger partial charge is 0.497 e. The SMILES string of the molecule is COc1ccc2c(c1)c(C(=O)N[C@H](C(=O)NC1CC1)C(C)(C)C)nn2CC1CCCCC1. The van der Waals surface area contributed by atoms with Crippen LogP contribution in [0.4, 0.5) is 0 Å². The molecular weight excluding hydrogens is 404 g/mol. The Bertz CT molecular complexity index is 981. The van der Waals surface area contributed by atoms with Gasteiger partial charge < -0.3 is 15.4 Å². The molecule has 2 saturated carbocycles. The lowest BCUT2D eigenvalue weighted by Crippen LogP contribution is -2.54. The molecule has 1 heterocycles. The van der Waals surface area contributed by atoms with E-state index in [4.69, 9.17) is 9.84 Å². The summed E-state index contributed by atoms with van der Waals surface area (Å²) < 4.78 is 7.38. The number of carbonyl (C=O) groups excluding carboxylic acids is 2. The summed E-state index contributed by atoms with van der Waals surface area (Å²) in [7, 11) is 1.62. The van der Waals surface area contributed by atoms with Gasteiger partial charge in [0.2, 0.25) is 5.91 Å². The highest BCUT2D eigenvalue weighted by Gasteiger charge is 2.36. The van der Waals surface area contributed by atoms with E-state index in [0.29, 0.717) is 17.4 Å². The number of rotatable bonds is 7. The van der Waals surface area contributed by atoms with Crippen LogP contribution in [0.15, 0.2) is 18.2 Å². The van der Waals surface area contributed by atoms with Gasteiger partial charge in [-0.1, -0.05) is 40.0 Å². The first-order valence-electron chi connectivity index (χ1n) is 11.9. The number of aromatic nitrogens is 2. The number of carbonyl (C=O) groups is 2. The zero-order valence-electron chi connectivity index (χ0n) is 19.7. The second-order valence-corrected chi connectivity index (χ2v) is 10.5. The fraction of sp³-hybridized carbons (Fsp3) is 0.640. The predicted octanol–water partition coefficient (Wildman–Crippen LogP) is 4.05. The molecule has 1 atom stereocenters. The molecule has 1 aromatic heterocycles. The molecule has 32 heavy (non-hydrogen) atoms. The van der Waals surface area contributed by atoms with E-state index in [1.165, 1.54) is 32.1 Å². The van der Waals surface area contributed by atoms with Crippen LogP contribution in [0.5, 0.6) is 5.75 Å². The van der Waals surface area contributed by atoms with Crippen molar-refractivity contribution in [2.45, 2.75) is 84.3 Å². The Morgan fingerprint density at radius 2 is 1.88 bits per heavy atom. The van der Waals surface area contributed by atoms with Crippen molar-refractivity contribution >= 4 is 22.7 Å². The monoisotopic (exact) mass is 440 g/mol. The molecule has 2 N–H and O–H groups in total. The maximum atomic E-state index is 13.4. The standard InChI is InChI=1S/C25H36N4O3/c1-25(2,3)22(24(31)26-17-10-11-17)27-23(30)21-19-14-18(32-4)12-13-20(19)29(28-21)15-16-8-6-5-7-9-16/h12-14,16-17,22H,5-11,15H2,1-4H3,(H,26,31)(H,27,30)/t22-/m1/s1. The molecule has 2 aliphatic rings. The van der Waals surface area contributed by atoms with Gasteiger partial charge in [-0.15, -0.1) is 0 Å². The summed E-state index contributed by atoms with van der Waals surface area (Å²) >= 11 is 0. The van der Waals surface area contributed by atoms with E-state index in [1.54, 1.807) is 7.11 Å². The summed E-state index contributed by atoms with van der Waals surface area (Å²) in [6, 6.07) is 5.35. The van der Waals surface area contributed by atoms with Gasteiger partial charge in [0.1, 0.15) is 11.8 Å². The van der Waals surface area contributed by atoms with E-state index in [9.17, 15) is 9.59 Å². The third-order valence-corrected chi connectivity index (χ3v) is 6.66. The first kappa shape index (κ1) is 22.6. The van der Waals surface area contributed by atoms with E-state index in [-0.39, 0.29) is 17.9 Å². The van der Waals surface area contributed by atoms with Crippen molar-refractivity contribution in [3.8, 4) is 5.75 Å². The maximum absolute atomic E-state index is 13.4. The molecule has 2 amide bonds. The molecule has 0 radical (unpaired) electrons. The molecule has 4 rings (SSSR count). The number of hydrogen-bond donors (Lipinski definition) is 2. The molecule has 0 unspecified atom stereocenters. The Labute approximate surface area is 190 Å². The van der Waals surface area contributed by atoms with Crippen LogP contribution in [-0.4, -0.2) is 40.8 Å². The molecule has 2 fully saturated rings. The van der Waals surface area contributed by atoms with Crippen LogP contribution in [0.1, 0.15) is 76.2 Å². The molecular formula is C25H36N4O3. The van der Waals surface area contributed by atoms with Crippen LogP contribution < -0.4 is 15.4 Å². The van der Waals surface area contributed by atoms with Gasteiger partial charge in [-0.2, -0.15) is 5.10 Å². The molecule has 2 aromatic rings. The minimum absolute atomic E-state index is 0.128. The van der Waals surface area contributed by atoms with Crippen LogP contribution >= 0.6 is 0 Å². The average molecular weight is 441 g/mol. The zero-order valence-corrected chi connectivity index (χ0v) is 19.7. The van der Waals surface area contributed by atoms with E-state index in [1.807, 2.05) is 43.7 Å². The van der Waals surface area contributed by atoms with Gasteiger partial charge in [-0.05, 0) is 55.2 Å². The lowest BCUT2D eigenvalue weighted by atomic mass is 9.86. The summed E-state index contributed by atoms with van der Waals surface area (Å²) in [6.07, 6.45) is 8.24. The van der Waals surface area contributed by atoms with Gasteiger partial charge in [0.05, 0.1) is 12.6 Å². The number of fused-ring (bicyclic) bond motifs is 1. The van der Waals surface area contributed by atoms with E-state index < -0.39 is 11.5 Å². The third kappa shape index (κ3) is 5.08. The van der Waals surface area contributed by atoms with E-state index in [0.717, 1.165) is 30.3 Å². The molecule has 0 spiro atoms. The molecule has 0 saturated heterocycles. The minimum atomic E-state index is -0.639. The van der Waals surface area contributed by atoms with Crippen molar-refractivity contribution in [1.82, 2.24) is 20.4 Å². The van der Waals surface area contributed by atoms with Crippen LogP contribution in [-0.2, 0) is 11.3 Å². The topological polar surface area (TPSA) is 85.2 Å². The number of methoxy groups -OCH3 is 1. The Morgan fingerprint density at radius 1 is 1.16 bits per heavy atom. The molecule has 7 nitrogen and oxygen atoms in total. The van der Waals surface area contributed by atoms with Crippen molar-refractivity contribution < 1.29 is 14.3 Å². The van der Waals surface area contributed by atoms with Gasteiger partial charge in [0.15, 0.2) is 5.69 Å². The van der Waals surface area contributed by atoms with Crippen LogP contribution in [0.2, 0.25) is 0 Å². The predicted molar refractivity (Wildman–Crippen MR) is 125 cm³/mol. The number of benzene rings is 1. The summed E-state index contributed by atoms with van der Waals surface area (Å²) in [5, 5.41) is 11.5. The highest BCUT2D eigenvalue weighted by Crippen LogP contribution is 2.30. The van der Waals surface area contributed by atoms with Crippen molar-refractivity contribution in [3.63, 3.8) is 0 Å². The van der Waals surface area contributed by atoms with E-state index >= 15 is 0 Å². The quantitative estimate of drug-likeness (QED) is 0.680. The maximum Gasteiger partial charge on any atom is 0.273 e. The van der Waals surface area contributed by atoms with Gasteiger partial charge in [-0.25, -0.2) is 0 Å². The Kier molecular flexibility index (Phi) is 6.45. The average Bonchev–Trinajstić information content (AvgIpc) is 3.51. The normalized spacial score (nSPS) is 18.4. The number of hydrogen-bond acceptors (Lipinski definition) is 4. The summed E-state index contributed by atoms with van der Waals surface area (Å²) in [4.78, 5) is 26.3. The second kappa shape index (κ2) is 9.12. The molecule has 0 aliphatic heterocycles. The highest BCUT2D eigenvalue weighted by molar-refractivity contribution is 6.06. The second-order valence-electron chi connectivity index (χ2n) is 10.5. The summed E-state index contributed by atoms with van der Waals surface area (Å²) in [5.74, 6) is 0.813. The van der Waals surface area contributed by atoms with Crippen molar-refractivity contribution in [2.24, 2.45) is 11.3 Å². The molecule has 7 heteroatoms. The highest BCUT2D eigenvalue weighted by atomic mass is 16.5. The lowest BCUT2D eigenvalue weighted by Gasteiger charge is -2.30. The minimum Gasteiger partial charge on any atom is -0.497 e. The zero-order chi connectivity index (χ0) is 22.9. The number of amides is 2. The lowest BCUT2D eigenvalue weighted by molar-refractivity contribution is -0.125. The molecule has 2 aliphatic carbocycles. The van der Waals surface area contributed by atoms with Crippen molar-refractivity contribution in [1.29, 1.82) is 0 Å².